The number of hydrogen-bond donors (Lipinski definition) is 0. The SMILES string of the molecule is C[CH+]C=CC(C)CC. The molecule has 1 unspecified atom stereocenters. The van der Waals surface area contributed by atoms with Gasteiger partial charge in [-0.15, -0.1) is 0 Å². The number of allylic oxidation sites excluding steroid dienone is 2. The molecule has 0 saturated heterocycles. The van der Waals surface area contributed by atoms with Gasteiger partial charge in [-0.05, 0) is 13.3 Å². The minimum Gasteiger partial charge on any atom is -0.0631 e. The van der Waals surface area contributed by atoms with Crippen LogP contribution in [-0.4, -0.2) is 0 Å². The summed E-state index contributed by atoms with van der Waals surface area (Å²) in [4.78, 5) is 0. The molecule has 0 heterocycles. The van der Waals surface area contributed by atoms with Crippen molar-refractivity contribution in [2.75, 3.05) is 0 Å². The Morgan fingerprint density at radius 2 is 2.25 bits per heavy atom. The zero-order valence-corrected chi connectivity index (χ0v) is 6.02. The van der Waals surface area contributed by atoms with Crippen LogP contribution in [-0.2, 0) is 0 Å². The lowest BCUT2D eigenvalue weighted by Gasteiger charge is -1.90. The topological polar surface area (TPSA) is 0 Å². The van der Waals surface area contributed by atoms with Crippen LogP contribution in [0.5, 0.6) is 0 Å². The summed E-state index contributed by atoms with van der Waals surface area (Å²) < 4.78 is 0. The van der Waals surface area contributed by atoms with Crippen LogP contribution in [0.1, 0.15) is 27.2 Å². The minimum atomic E-state index is 0.742. The molecule has 0 amide bonds. The van der Waals surface area contributed by atoms with E-state index in [1.54, 1.807) is 0 Å². The molecule has 0 aliphatic heterocycles. The maximum absolute atomic E-state index is 2.22. The highest BCUT2D eigenvalue weighted by molar-refractivity contribution is 4.93. The molecule has 0 aromatic rings. The lowest BCUT2D eigenvalue weighted by Crippen LogP contribution is -1.82. The fourth-order valence-corrected chi connectivity index (χ4v) is 0.437. The Morgan fingerprint density at radius 1 is 1.62 bits per heavy atom. The van der Waals surface area contributed by atoms with Crippen LogP contribution in [0.25, 0.3) is 0 Å². The molecule has 0 fully saturated rings. The average Bonchev–Trinajstić information content (AvgIpc) is 1.83. The van der Waals surface area contributed by atoms with Gasteiger partial charge >= 0.3 is 0 Å². The van der Waals surface area contributed by atoms with E-state index in [2.05, 4.69) is 32.4 Å². The molecule has 0 saturated carbocycles. The molecule has 0 nitrogen and oxygen atoms in total. The van der Waals surface area contributed by atoms with Gasteiger partial charge < -0.3 is 0 Å². The van der Waals surface area contributed by atoms with Crippen LogP contribution in [0.15, 0.2) is 12.2 Å². The molecule has 0 aromatic carbocycles. The molecular formula is C8H15+. The Morgan fingerprint density at radius 3 is 2.62 bits per heavy atom. The third kappa shape index (κ3) is 3.79. The van der Waals surface area contributed by atoms with Gasteiger partial charge in [0.25, 0.3) is 0 Å². The first-order valence-corrected chi connectivity index (χ1v) is 3.27. The monoisotopic (exact) mass is 111 g/mol. The molecule has 8 heavy (non-hydrogen) atoms. The lowest BCUT2D eigenvalue weighted by molar-refractivity contribution is 0.697. The van der Waals surface area contributed by atoms with Crippen LogP contribution in [0.4, 0.5) is 0 Å². The van der Waals surface area contributed by atoms with Crippen LogP contribution < -0.4 is 0 Å². The van der Waals surface area contributed by atoms with Crippen molar-refractivity contribution in [3.8, 4) is 0 Å². The molecule has 0 aliphatic carbocycles. The van der Waals surface area contributed by atoms with Crippen molar-refractivity contribution >= 4 is 0 Å². The van der Waals surface area contributed by atoms with E-state index in [4.69, 9.17) is 0 Å². The van der Waals surface area contributed by atoms with E-state index < -0.39 is 0 Å². The quantitative estimate of drug-likeness (QED) is 0.491. The fourth-order valence-electron chi connectivity index (χ4n) is 0.437. The highest BCUT2D eigenvalue weighted by atomic mass is 13.9. The highest BCUT2D eigenvalue weighted by Gasteiger charge is 1.93. The summed E-state index contributed by atoms with van der Waals surface area (Å²) in [6.07, 6.45) is 7.63. The largest absolute Gasteiger partial charge is 0.0893 e. The van der Waals surface area contributed by atoms with Crippen molar-refractivity contribution in [2.24, 2.45) is 5.92 Å². The smallest absolute Gasteiger partial charge is 0.0631 e. The summed E-state index contributed by atoms with van der Waals surface area (Å²) in [5.74, 6) is 0.742. The zero-order valence-electron chi connectivity index (χ0n) is 6.02. The Hall–Kier alpha value is -0.390. The first kappa shape index (κ1) is 7.61. The standard InChI is InChI=1S/C8H15/c1-4-6-7-8(3)5-2/h4,6-8H,5H2,1-3H3/q+1. The van der Waals surface area contributed by atoms with Crippen molar-refractivity contribution in [2.45, 2.75) is 27.2 Å². The summed E-state index contributed by atoms with van der Waals surface area (Å²) >= 11 is 0. The van der Waals surface area contributed by atoms with Gasteiger partial charge in [-0.2, -0.15) is 0 Å². The molecule has 46 valence electrons. The Labute approximate surface area is 52.6 Å². The maximum atomic E-state index is 2.22. The van der Waals surface area contributed by atoms with Gasteiger partial charge in [0.2, 0.25) is 0 Å². The second-order valence-corrected chi connectivity index (χ2v) is 2.10. The zero-order chi connectivity index (χ0) is 6.41. The van der Waals surface area contributed by atoms with Crippen molar-refractivity contribution in [3.05, 3.63) is 18.6 Å². The lowest BCUT2D eigenvalue weighted by atomic mass is 10.1. The number of rotatable bonds is 3. The van der Waals surface area contributed by atoms with E-state index in [0.717, 1.165) is 5.92 Å². The van der Waals surface area contributed by atoms with E-state index in [-0.39, 0.29) is 0 Å². The van der Waals surface area contributed by atoms with Crippen LogP contribution in [0, 0.1) is 12.3 Å². The normalized spacial score (nSPS) is 14.4. The van der Waals surface area contributed by atoms with Gasteiger partial charge in [-0.3, -0.25) is 0 Å². The van der Waals surface area contributed by atoms with E-state index in [1.807, 2.05) is 6.92 Å². The molecule has 0 radical (unpaired) electrons. The summed E-state index contributed by atoms with van der Waals surface area (Å²) in [5.41, 5.74) is 0. The molecule has 0 rings (SSSR count). The second-order valence-electron chi connectivity index (χ2n) is 2.10. The van der Waals surface area contributed by atoms with Gasteiger partial charge in [0, 0.05) is 25.3 Å². The Kier molecular flexibility index (Phi) is 4.53. The van der Waals surface area contributed by atoms with Crippen molar-refractivity contribution < 1.29 is 0 Å². The van der Waals surface area contributed by atoms with Crippen LogP contribution in [0.3, 0.4) is 0 Å². The fraction of sp³-hybridized carbons (Fsp3) is 0.625. The maximum Gasteiger partial charge on any atom is 0.0893 e. The Balaban J connectivity index is 3.21. The third-order valence-electron chi connectivity index (χ3n) is 1.28. The Bertz CT molecular complexity index is 62.4. The molecule has 1 atom stereocenters. The van der Waals surface area contributed by atoms with Crippen molar-refractivity contribution in [3.63, 3.8) is 0 Å². The van der Waals surface area contributed by atoms with E-state index >= 15 is 0 Å². The van der Waals surface area contributed by atoms with E-state index in [0.29, 0.717) is 0 Å². The molecule has 0 aliphatic rings. The average molecular weight is 111 g/mol. The molecule has 0 N–H and O–H groups in total. The summed E-state index contributed by atoms with van der Waals surface area (Å²) in [5, 5.41) is 0. The van der Waals surface area contributed by atoms with E-state index in [1.165, 1.54) is 6.42 Å². The highest BCUT2D eigenvalue weighted by Crippen LogP contribution is 2.01. The van der Waals surface area contributed by atoms with Crippen molar-refractivity contribution in [1.82, 2.24) is 0 Å². The molecule has 0 spiro atoms. The van der Waals surface area contributed by atoms with Gasteiger partial charge in [-0.25, -0.2) is 0 Å². The first-order chi connectivity index (χ1) is 3.81. The minimum absolute atomic E-state index is 0.742. The predicted molar refractivity (Wildman–Crippen MR) is 38.6 cm³/mol. The summed E-state index contributed by atoms with van der Waals surface area (Å²) in [6.45, 7) is 6.46. The van der Waals surface area contributed by atoms with E-state index in [9.17, 15) is 0 Å². The van der Waals surface area contributed by atoms with Gasteiger partial charge in [-0.1, -0.05) is 6.92 Å². The summed E-state index contributed by atoms with van der Waals surface area (Å²) in [7, 11) is 0. The third-order valence-corrected chi connectivity index (χ3v) is 1.28. The predicted octanol–water partition coefficient (Wildman–Crippen LogP) is 2.81. The van der Waals surface area contributed by atoms with Crippen molar-refractivity contribution in [1.29, 1.82) is 0 Å². The summed E-state index contributed by atoms with van der Waals surface area (Å²) in [6, 6.07) is 0. The second kappa shape index (κ2) is 4.76. The molecular weight excluding hydrogens is 96.1 g/mol. The van der Waals surface area contributed by atoms with Gasteiger partial charge in [0.15, 0.2) is 0 Å². The molecule has 0 heteroatoms. The van der Waals surface area contributed by atoms with Gasteiger partial charge in [0.05, 0.1) is 6.08 Å². The van der Waals surface area contributed by atoms with Crippen LogP contribution >= 0.6 is 0 Å². The van der Waals surface area contributed by atoms with Gasteiger partial charge in [0.1, 0.15) is 0 Å². The molecule has 0 aromatic heterocycles. The van der Waals surface area contributed by atoms with Crippen LogP contribution in [0.2, 0.25) is 0 Å². The molecule has 0 bridgehead atoms. The first-order valence-electron chi connectivity index (χ1n) is 3.27. The number of hydrogen-bond acceptors (Lipinski definition) is 0.